The van der Waals surface area contributed by atoms with E-state index in [1.54, 1.807) is 24.3 Å². The van der Waals surface area contributed by atoms with Crippen LogP contribution in [0.3, 0.4) is 0 Å². The summed E-state index contributed by atoms with van der Waals surface area (Å²) in [6.45, 7) is 9.59. The van der Waals surface area contributed by atoms with Crippen molar-refractivity contribution < 1.29 is 38.1 Å². The molecule has 2 saturated heterocycles. The molecular weight excluding hydrogens is 550 g/mol. The van der Waals surface area contributed by atoms with Gasteiger partial charge < -0.3 is 23.7 Å². The lowest BCUT2D eigenvalue weighted by Gasteiger charge is -2.50. The van der Waals surface area contributed by atoms with Gasteiger partial charge in [-0.25, -0.2) is 0 Å². The summed E-state index contributed by atoms with van der Waals surface area (Å²) in [4.78, 5) is 41.3. The molecule has 9 heteroatoms. The van der Waals surface area contributed by atoms with Crippen LogP contribution in [0.25, 0.3) is 0 Å². The van der Waals surface area contributed by atoms with Crippen LogP contribution in [-0.2, 0) is 29.2 Å². The van der Waals surface area contributed by atoms with Crippen molar-refractivity contribution in [2.75, 3.05) is 6.61 Å². The van der Waals surface area contributed by atoms with Gasteiger partial charge in [-0.05, 0) is 41.7 Å². The zero-order chi connectivity index (χ0) is 30.5. The smallest absolute Gasteiger partial charge is 0.303 e. The van der Waals surface area contributed by atoms with E-state index < -0.39 is 54.7 Å². The number of amides is 2. The van der Waals surface area contributed by atoms with E-state index in [9.17, 15) is 14.4 Å². The van der Waals surface area contributed by atoms with E-state index in [1.807, 2.05) is 55.5 Å². The highest BCUT2D eigenvalue weighted by Gasteiger charge is 2.58. The zero-order valence-corrected chi connectivity index (χ0v) is 24.8. The third-order valence-electron chi connectivity index (χ3n) is 8.10. The summed E-state index contributed by atoms with van der Waals surface area (Å²) >= 11 is 0. The number of hydrogen-bond acceptors (Lipinski definition) is 8. The van der Waals surface area contributed by atoms with Gasteiger partial charge in [-0.15, -0.1) is 0 Å². The number of carbonyl (C=O) groups excluding carboxylic acids is 3. The predicted molar refractivity (Wildman–Crippen MR) is 155 cm³/mol. The molecule has 3 aliphatic heterocycles. The SMILES string of the molecule is CC(=O)O[C@H]1[C@@H]2OC(c3ccccc3)OC[C@H]2O[C@@H](Oc2cc(C(C)(C)C)ccc2C)[C@@H]1N1C(=O)c2ccccc2C1=O. The van der Waals surface area contributed by atoms with E-state index in [0.29, 0.717) is 5.75 Å². The van der Waals surface area contributed by atoms with Gasteiger partial charge in [-0.2, -0.15) is 0 Å². The third-order valence-corrected chi connectivity index (χ3v) is 8.10. The number of esters is 1. The van der Waals surface area contributed by atoms with Gasteiger partial charge in [0.25, 0.3) is 11.8 Å². The number of hydrogen-bond donors (Lipinski definition) is 0. The molecule has 1 unspecified atom stereocenters. The van der Waals surface area contributed by atoms with Gasteiger partial charge in [0.05, 0.1) is 17.7 Å². The quantitative estimate of drug-likeness (QED) is 0.301. The van der Waals surface area contributed by atoms with Crippen LogP contribution in [0.4, 0.5) is 0 Å². The maximum absolute atomic E-state index is 13.8. The largest absolute Gasteiger partial charge is 0.462 e. The molecule has 0 aliphatic carbocycles. The molecule has 6 rings (SSSR count). The fourth-order valence-corrected chi connectivity index (χ4v) is 5.83. The third kappa shape index (κ3) is 5.44. The molecule has 0 spiro atoms. The topological polar surface area (TPSA) is 101 Å². The summed E-state index contributed by atoms with van der Waals surface area (Å²) in [5.74, 6) is -1.11. The van der Waals surface area contributed by atoms with E-state index in [4.69, 9.17) is 23.7 Å². The van der Waals surface area contributed by atoms with Crippen LogP contribution in [0, 0.1) is 6.92 Å². The molecule has 0 bridgehead atoms. The van der Waals surface area contributed by atoms with Crippen LogP contribution in [0.1, 0.15) is 71.4 Å². The predicted octanol–water partition coefficient (Wildman–Crippen LogP) is 5.11. The van der Waals surface area contributed by atoms with Crippen molar-refractivity contribution in [3.63, 3.8) is 0 Å². The Balaban J connectivity index is 1.43. The summed E-state index contributed by atoms with van der Waals surface area (Å²) < 4.78 is 31.4. The number of nitrogens with zero attached hydrogens (tertiary/aromatic N) is 1. The first kappa shape index (κ1) is 29.0. The number of imide groups is 1. The molecule has 43 heavy (non-hydrogen) atoms. The molecule has 0 saturated carbocycles. The molecule has 3 aromatic rings. The minimum atomic E-state index is -1.19. The van der Waals surface area contributed by atoms with Gasteiger partial charge in [0.1, 0.15) is 24.0 Å². The average molecular weight is 586 g/mol. The van der Waals surface area contributed by atoms with Gasteiger partial charge in [0.2, 0.25) is 6.29 Å². The van der Waals surface area contributed by atoms with Gasteiger partial charge in [-0.3, -0.25) is 19.3 Å². The second-order valence-electron chi connectivity index (χ2n) is 12.2. The molecule has 3 heterocycles. The van der Waals surface area contributed by atoms with Gasteiger partial charge >= 0.3 is 5.97 Å². The highest BCUT2D eigenvalue weighted by atomic mass is 16.8. The molecule has 2 amide bonds. The molecule has 3 aliphatic rings. The second-order valence-corrected chi connectivity index (χ2v) is 12.2. The number of ether oxygens (including phenoxy) is 5. The highest BCUT2D eigenvalue weighted by molar-refractivity contribution is 6.21. The van der Waals surface area contributed by atoms with E-state index in [0.717, 1.165) is 21.6 Å². The molecular formula is C34H35NO8. The first-order valence-electron chi connectivity index (χ1n) is 14.4. The standard InChI is InChI=1S/C34H35NO8/c1-19-15-16-22(34(3,4)5)17-25(19)41-33-27(35-30(37)23-13-9-10-14-24(23)31(35)38)29(40-20(2)36)28-26(42-33)18-39-32(43-28)21-11-7-6-8-12-21/h6-17,26-29,32-33H,18H2,1-5H3/t26-,27-,28-,29-,32?,33-/m1/s1. The average Bonchev–Trinajstić information content (AvgIpc) is 3.23. The van der Waals surface area contributed by atoms with Crippen LogP contribution in [-0.4, -0.2) is 59.9 Å². The minimum absolute atomic E-state index is 0.109. The summed E-state index contributed by atoms with van der Waals surface area (Å²) in [5.41, 5.74) is 3.00. The maximum atomic E-state index is 13.8. The Hall–Kier alpha value is -4.05. The Morgan fingerprint density at radius 3 is 2.19 bits per heavy atom. The number of benzene rings is 3. The van der Waals surface area contributed by atoms with E-state index in [-0.39, 0.29) is 23.1 Å². The fraction of sp³-hybridized carbons (Fsp3) is 0.382. The van der Waals surface area contributed by atoms with Crippen LogP contribution in [0.2, 0.25) is 0 Å². The van der Waals surface area contributed by atoms with E-state index in [1.165, 1.54) is 6.92 Å². The summed E-state index contributed by atoms with van der Waals surface area (Å²) in [6, 6.07) is 20.7. The summed E-state index contributed by atoms with van der Waals surface area (Å²) in [6.07, 6.45) is -4.65. The lowest BCUT2D eigenvalue weighted by molar-refractivity contribution is -0.339. The van der Waals surface area contributed by atoms with Gasteiger partial charge in [-0.1, -0.05) is 75.4 Å². The molecule has 6 atom stereocenters. The van der Waals surface area contributed by atoms with E-state index >= 15 is 0 Å². The summed E-state index contributed by atoms with van der Waals surface area (Å²) in [7, 11) is 0. The van der Waals surface area contributed by atoms with Crippen LogP contribution < -0.4 is 4.74 Å². The number of aryl methyl sites for hydroxylation is 1. The Kier molecular flexibility index (Phi) is 7.58. The van der Waals surface area contributed by atoms with Gasteiger partial charge in [0.15, 0.2) is 12.4 Å². The Bertz CT molecular complexity index is 1510. The molecule has 0 aromatic heterocycles. The van der Waals surface area contributed by atoms with Crippen molar-refractivity contribution in [1.29, 1.82) is 0 Å². The fourth-order valence-electron chi connectivity index (χ4n) is 5.83. The Labute approximate surface area is 250 Å². The van der Waals surface area contributed by atoms with Crippen molar-refractivity contribution in [2.45, 2.75) is 77.0 Å². The van der Waals surface area contributed by atoms with Crippen molar-refractivity contribution in [2.24, 2.45) is 0 Å². The monoisotopic (exact) mass is 585 g/mol. The number of rotatable bonds is 5. The molecule has 224 valence electrons. The Morgan fingerprint density at radius 1 is 0.907 bits per heavy atom. The van der Waals surface area contributed by atoms with Crippen LogP contribution in [0.15, 0.2) is 72.8 Å². The van der Waals surface area contributed by atoms with E-state index in [2.05, 4.69) is 20.8 Å². The number of fused-ring (bicyclic) bond motifs is 2. The maximum Gasteiger partial charge on any atom is 0.303 e. The molecule has 9 nitrogen and oxygen atoms in total. The lowest BCUT2D eigenvalue weighted by atomic mass is 9.86. The molecule has 3 aromatic carbocycles. The second kappa shape index (κ2) is 11.2. The first-order chi connectivity index (χ1) is 20.5. The summed E-state index contributed by atoms with van der Waals surface area (Å²) in [5, 5.41) is 0. The Morgan fingerprint density at radius 2 is 1.56 bits per heavy atom. The van der Waals surface area contributed by atoms with Crippen molar-refractivity contribution in [3.8, 4) is 5.75 Å². The lowest BCUT2D eigenvalue weighted by Crippen LogP contribution is -2.69. The normalized spacial score (nSPS) is 27.0. The zero-order valence-electron chi connectivity index (χ0n) is 24.8. The van der Waals surface area contributed by atoms with Crippen molar-refractivity contribution in [3.05, 3.63) is 101 Å². The van der Waals surface area contributed by atoms with Crippen LogP contribution in [0.5, 0.6) is 5.75 Å². The minimum Gasteiger partial charge on any atom is -0.462 e. The molecule has 2 fully saturated rings. The highest BCUT2D eigenvalue weighted by Crippen LogP contribution is 2.40. The van der Waals surface area contributed by atoms with Crippen molar-refractivity contribution >= 4 is 17.8 Å². The van der Waals surface area contributed by atoms with Crippen molar-refractivity contribution in [1.82, 2.24) is 4.90 Å². The molecule has 0 radical (unpaired) electrons. The first-order valence-corrected chi connectivity index (χ1v) is 14.4. The molecule has 0 N–H and O–H groups in total. The van der Waals surface area contributed by atoms with Gasteiger partial charge in [0, 0.05) is 12.5 Å². The van der Waals surface area contributed by atoms with Crippen LogP contribution >= 0.6 is 0 Å². The number of carbonyl (C=O) groups is 3.